The summed E-state index contributed by atoms with van der Waals surface area (Å²) in [5.41, 5.74) is 3.30. The van der Waals surface area contributed by atoms with Crippen LogP contribution in [0.3, 0.4) is 0 Å². The van der Waals surface area contributed by atoms with Crippen molar-refractivity contribution < 1.29 is 14.3 Å². The monoisotopic (exact) mass is 369 g/mol. The molecule has 0 radical (unpaired) electrons. The summed E-state index contributed by atoms with van der Waals surface area (Å²) >= 11 is 0. The number of H-pyrrole nitrogens is 1. The van der Waals surface area contributed by atoms with Gasteiger partial charge in [0.2, 0.25) is 0 Å². The second-order valence-corrected chi connectivity index (χ2v) is 7.25. The molecular formula is C21H27N3O3. The summed E-state index contributed by atoms with van der Waals surface area (Å²) in [5.74, 6) is 0.140. The highest BCUT2D eigenvalue weighted by Crippen LogP contribution is 2.22. The Bertz CT molecular complexity index is 785. The van der Waals surface area contributed by atoms with Gasteiger partial charge in [0.05, 0.1) is 11.3 Å². The van der Waals surface area contributed by atoms with Crippen LogP contribution in [-0.4, -0.2) is 46.4 Å². The first kappa shape index (κ1) is 19.1. The molecule has 0 bridgehead atoms. The summed E-state index contributed by atoms with van der Waals surface area (Å²) in [6.07, 6.45) is 5.61. The predicted molar refractivity (Wildman–Crippen MR) is 103 cm³/mol. The molecule has 1 heterocycles. The van der Waals surface area contributed by atoms with Crippen molar-refractivity contribution in [2.24, 2.45) is 0 Å². The van der Waals surface area contributed by atoms with E-state index in [2.05, 4.69) is 9.97 Å². The Morgan fingerprint density at radius 2 is 1.81 bits per heavy atom. The summed E-state index contributed by atoms with van der Waals surface area (Å²) in [5, 5.41) is 0. The number of carbonyl (C=O) groups is 2. The van der Waals surface area contributed by atoms with Crippen molar-refractivity contribution in [2.45, 2.75) is 52.0 Å². The second kappa shape index (κ2) is 8.37. The summed E-state index contributed by atoms with van der Waals surface area (Å²) in [7, 11) is 1.80. The first-order valence-corrected chi connectivity index (χ1v) is 9.52. The van der Waals surface area contributed by atoms with E-state index in [1.165, 1.54) is 6.42 Å². The number of carbonyl (C=O) groups excluding carboxylic acids is 2. The number of aryl methyl sites for hydroxylation is 2. The van der Waals surface area contributed by atoms with Crippen LogP contribution in [0.15, 0.2) is 24.3 Å². The molecule has 1 N–H and O–H groups in total. The lowest BCUT2D eigenvalue weighted by atomic mass is 9.94. The van der Waals surface area contributed by atoms with Crippen LogP contribution in [-0.2, 0) is 9.53 Å². The molecule has 1 aromatic carbocycles. The van der Waals surface area contributed by atoms with Gasteiger partial charge in [0, 0.05) is 24.3 Å². The van der Waals surface area contributed by atoms with Gasteiger partial charge in [0.15, 0.2) is 6.61 Å². The van der Waals surface area contributed by atoms with E-state index in [-0.39, 0.29) is 18.6 Å². The molecule has 0 aliphatic heterocycles. The van der Waals surface area contributed by atoms with Crippen molar-refractivity contribution in [1.82, 2.24) is 14.9 Å². The van der Waals surface area contributed by atoms with E-state index in [0.717, 1.165) is 48.5 Å². The van der Waals surface area contributed by atoms with Crippen molar-refractivity contribution in [3.8, 4) is 11.4 Å². The summed E-state index contributed by atoms with van der Waals surface area (Å²) in [6.45, 7) is 3.70. The zero-order valence-corrected chi connectivity index (χ0v) is 16.2. The van der Waals surface area contributed by atoms with Gasteiger partial charge < -0.3 is 14.6 Å². The summed E-state index contributed by atoms with van der Waals surface area (Å²) in [6, 6.07) is 7.30. The SMILES string of the molecule is Cc1nc(-c2ccc(C(=O)OCC(=O)N(C)C3CCCCC3)cc2)[nH]c1C. The maximum Gasteiger partial charge on any atom is 0.338 e. The molecule has 0 saturated heterocycles. The van der Waals surface area contributed by atoms with Gasteiger partial charge >= 0.3 is 5.97 Å². The van der Waals surface area contributed by atoms with E-state index >= 15 is 0 Å². The Morgan fingerprint density at radius 3 is 2.41 bits per heavy atom. The fourth-order valence-electron chi connectivity index (χ4n) is 3.43. The van der Waals surface area contributed by atoms with Gasteiger partial charge in [-0.05, 0) is 38.8 Å². The lowest BCUT2D eigenvalue weighted by Gasteiger charge is -2.31. The minimum absolute atomic E-state index is 0.145. The van der Waals surface area contributed by atoms with Crippen molar-refractivity contribution in [3.05, 3.63) is 41.2 Å². The topological polar surface area (TPSA) is 75.3 Å². The molecule has 0 unspecified atom stereocenters. The van der Waals surface area contributed by atoms with Crippen LogP contribution in [0.5, 0.6) is 0 Å². The number of hydrogen-bond acceptors (Lipinski definition) is 4. The van der Waals surface area contributed by atoms with Crippen molar-refractivity contribution in [3.63, 3.8) is 0 Å². The quantitative estimate of drug-likeness (QED) is 0.817. The Hall–Kier alpha value is -2.63. The maximum atomic E-state index is 12.3. The molecule has 144 valence electrons. The number of aromatic nitrogens is 2. The smallest absolute Gasteiger partial charge is 0.338 e. The third-order valence-electron chi connectivity index (χ3n) is 5.36. The fourth-order valence-corrected chi connectivity index (χ4v) is 3.43. The molecule has 27 heavy (non-hydrogen) atoms. The normalized spacial score (nSPS) is 14.8. The van der Waals surface area contributed by atoms with E-state index in [4.69, 9.17) is 4.74 Å². The van der Waals surface area contributed by atoms with E-state index in [0.29, 0.717) is 5.56 Å². The van der Waals surface area contributed by atoms with E-state index in [1.807, 2.05) is 26.0 Å². The number of nitrogens with zero attached hydrogens (tertiary/aromatic N) is 2. The van der Waals surface area contributed by atoms with Gasteiger partial charge in [0.25, 0.3) is 5.91 Å². The van der Waals surface area contributed by atoms with Crippen LogP contribution in [0.4, 0.5) is 0 Å². The minimum Gasteiger partial charge on any atom is -0.452 e. The van der Waals surface area contributed by atoms with Crippen LogP contribution >= 0.6 is 0 Å². The van der Waals surface area contributed by atoms with Gasteiger partial charge in [-0.15, -0.1) is 0 Å². The molecule has 2 aromatic rings. The molecule has 1 amide bonds. The average Bonchev–Trinajstić information content (AvgIpc) is 3.04. The van der Waals surface area contributed by atoms with E-state index in [9.17, 15) is 9.59 Å². The van der Waals surface area contributed by atoms with Gasteiger partial charge in [-0.2, -0.15) is 0 Å². The van der Waals surface area contributed by atoms with Crippen LogP contribution < -0.4 is 0 Å². The third kappa shape index (κ3) is 4.56. The van der Waals surface area contributed by atoms with Crippen molar-refractivity contribution in [1.29, 1.82) is 0 Å². The molecule has 1 aliphatic carbocycles. The minimum atomic E-state index is -0.487. The molecule has 0 atom stereocenters. The van der Waals surface area contributed by atoms with E-state index in [1.54, 1.807) is 24.1 Å². The standard InChI is InChI=1S/C21H27N3O3/c1-14-15(2)23-20(22-14)16-9-11-17(12-10-16)21(26)27-13-19(25)24(3)18-7-5-4-6-8-18/h9-12,18H,4-8,13H2,1-3H3,(H,22,23). The van der Waals surface area contributed by atoms with E-state index < -0.39 is 5.97 Å². The second-order valence-electron chi connectivity index (χ2n) is 7.25. The van der Waals surface area contributed by atoms with Crippen LogP contribution in [0.2, 0.25) is 0 Å². The predicted octanol–water partition coefficient (Wildman–Crippen LogP) is 3.64. The number of ether oxygens (including phenoxy) is 1. The number of hydrogen-bond donors (Lipinski definition) is 1. The van der Waals surface area contributed by atoms with Crippen LogP contribution in [0.25, 0.3) is 11.4 Å². The Kier molecular flexibility index (Phi) is 5.94. The van der Waals surface area contributed by atoms with Gasteiger partial charge in [0.1, 0.15) is 5.82 Å². The fraction of sp³-hybridized carbons (Fsp3) is 0.476. The zero-order chi connectivity index (χ0) is 19.4. The number of esters is 1. The molecule has 1 saturated carbocycles. The molecule has 3 rings (SSSR count). The average molecular weight is 369 g/mol. The first-order valence-electron chi connectivity index (χ1n) is 9.52. The molecule has 1 aromatic heterocycles. The molecule has 6 heteroatoms. The molecule has 1 fully saturated rings. The van der Waals surface area contributed by atoms with Gasteiger partial charge in [-0.25, -0.2) is 9.78 Å². The molecule has 1 aliphatic rings. The number of likely N-dealkylation sites (N-methyl/N-ethyl adjacent to an activating group) is 1. The number of aromatic amines is 1. The molecular weight excluding hydrogens is 342 g/mol. The highest BCUT2D eigenvalue weighted by molar-refractivity contribution is 5.91. The summed E-state index contributed by atoms with van der Waals surface area (Å²) in [4.78, 5) is 33.9. The third-order valence-corrected chi connectivity index (χ3v) is 5.36. The number of benzene rings is 1. The largest absolute Gasteiger partial charge is 0.452 e. The van der Waals surface area contributed by atoms with Crippen molar-refractivity contribution >= 4 is 11.9 Å². The lowest BCUT2D eigenvalue weighted by molar-refractivity contribution is -0.135. The number of rotatable bonds is 5. The Labute approximate surface area is 159 Å². The van der Waals surface area contributed by atoms with Gasteiger partial charge in [-0.1, -0.05) is 31.4 Å². The number of imidazole rings is 1. The molecule has 0 spiro atoms. The van der Waals surface area contributed by atoms with Gasteiger partial charge in [-0.3, -0.25) is 4.79 Å². The Morgan fingerprint density at radius 1 is 1.15 bits per heavy atom. The highest BCUT2D eigenvalue weighted by Gasteiger charge is 2.23. The summed E-state index contributed by atoms with van der Waals surface area (Å²) < 4.78 is 5.22. The van der Waals surface area contributed by atoms with Crippen molar-refractivity contribution in [2.75, 3.05) is 13.7 Å². The van der Waals surface area contributed by atoms with Crippen LogP contribution in [0.1, 0.15) is 53.8 Å². The highest BCUT2D eigenvalue weighted by atomic mass is 16.5. The zero-order valence-electron chi connectivity index (χ0n) is 16.2. The number of amides is 1. The van der Waals surface area contributed by atoms with Crippen LogP contribution in [0, 0.1) is 13.8 Å². The molecule has 6 nitrogen and oxygen atoms in total. The number of nitrogens with one attached hydrogen (secondary N) is 1. The first-order chi connectivity index (χ1) is 13.0. The Balaban J connectivity index is 1.55. The maximum absolute atomic E-state index is 12.3. The lowest BCUT2D eigenvalue weighted by Crippen LogP contribution is -2.40.